The van der Waals surface area contributed by atoms with E-state index >= 15 is 0 Å². The molecule has 0 amide bonds. The zero-order valence-corrected chi connectivity index (χ0v) is 10.6. The molecule has 0 fully saturated rings. The number of aromatic nitrogens is 2. The molecule has 0 unspecified atom stereocenters. The van der Waals surface area contributed by atoms with E-state index in [0.29, 0.717) is 5.82 Å². The second kappa shape index (κ2) is 4.23. The molecule has 16 heavy (non-hydrogen) atoms. The Bertz CT molecular complexity index is 532. The van der Waals surface area contributed by atoms with Gasteiger partial charge in [0.2, 0.25) is 0 Å². The molecule has 2 aromatic rings. The van der Waals surface area contributed by atoms with Crippen molar-refractivity contribution in [3.8, 4) is 11.3 Å². The fourth-order valence-corrected chi connectivity index (χ4v) is 1.74. The highest BCUT2D eigenvalue weighted by molar-refractivity contribution is 9.10. The van der Waals surface area contributed by atoms with Crippen LogP contribution in [0.5, 0.6) is 0 Å². The van der Waals surface area contributed by atoms with E-state index in [9.17, 15) is 0 Å². The molecule has 0 aliphatic rings. The largest absolute Gasteiger partial charge is 0.383 e. The lowest BCUT2D eigenvalue weighted by Gasteiger charge is -1.98. The van der Waals surface area contributed by atoms with Crippen molar-refractivity contribution in [1.29, 1.82) is 0 Å². The van der Waals surface area contributed by atoms with E-state index in [2.05, 4.69) is 21.0 Å². The van der Waals surface area contributed by atoms with E-state index in [-0.39, 0.29) is 5.11 Å². The molecular formula is C10H9BrN4S. The van der Waals surface area contributed by atoms with Gasteiger partial charge in [0.25, 0.3) is 0 Å². The number of benzene rings is 1. The van der Waals surface area contributed by atoms with E-state index in [0.717, 1.165) is 15.7 Å². The van der Waals surface area contributed by atoms with Gasteiger partial charge in [-0.3, -0.25) is 0 Å². The van der Waals surface area contributed by atoms with Crippen molar-refractivity contribution in [2.24, 2.45) is 5.73 Å². The Morgan fingerprint density at radius 2 is 1.94 bits per heavy atom. The minimum Gasteiger partial charge on any atom is -0.383 e. The highest BCUT2D eigenvalue weighted by Crippen LogP contribution is 2.22. The topological polar surface area (TPSA) is 69.9 Å². The molecule has 0 bridgehead atoms. The molecule has 0 atom stereocenters. The van der Waals surface area contributed by atoms with E-state index < -0.39 is 0 Å². The minimum absolute atomic E-state index is 0.140. The van der Waals surface area contributed by atoms with Crippen LogP contribution in [0.15, 0.2) is 34.8 Å². The Kier molecular flexibility index (Phi) is 2.93. The van der Waals surface area contributed by atoms with E-state index in [4.69, 9.17) is 23.7 Å². The maximum atomic E-state index is 5.73. The van der Waals surface area contributed by atoms with Gasteiger partial charge in [-0.1, -0.05) is 28.1 Å². The Labute approximate surface area is 106 Å². The van der Waals surface area contributed by atoms with Crippen LogP contribution in [0.3, 0.4) is 0 Å². The number of hydrogen-bond donors (Lipinski definition) is 2. The van der Waals surface area contributed by atoms with Crippen molar-refractivity contribution in [3.63, 3.8) is 0 Å². The summed E-state index contributed by atoms with van der Waals surface area (Å²) in [7, 11) is 0. The first-order valence-electron chi connectivity index (χ1n) is 4.49. The van der Waals surface area contributed by atoms with Crippen LogP contribution in [0, 0.1) is 0 Å². The molecule has 4 nitrogen and oxygen atoms in total. The van der Waals surface area contributed by atoms with Gasteiger partial charge >= 0.3 is 0 Å². The monoisotopic (exact) mass is 296 g/mol. The summed E-state index contributed by atoms with van der Waals surface area (Å²) in [6, 6.07) is 9.49. The Morgan fingerprint density at radius 3 is 2.44 bits per heavy atom. The number of halogens is 1. The van der Waals surface area contributed by atoms with Gasteiger partial charge in [0, 0.05) is 16.1 Å². The van der Waals surface area contributed by atoms with Crippen molar-refractivity contribution in [2.75, 3.05) is 5.73 Å². The van der Waals surface area contributed by atoms with Crippen LogP contribution in [0.4, 0.5) is 5.82 Å². The lowest BCUT2D eigenvalue weighted by atomic mass is 10.2. The molecule has 0 spiro atoms. The van der Waals surface area contributed by atoms with Crippen LogP contribution >= 0.6 is 28.1 Å². The van der Waals surface area contributed by atoms with Crippen LogP contribution < -0.4 is 11.5 Å². The molecule has 82 valence electrons. The highest BCUT2D eigenvalue weighted by atomic mass is 79.9. The minimum atomic E-state index is 0.140. The molecule has 0 radical (unpaired) electrons. The first-order chi connectivity index (χ1) is 7.58. The number of nitrogen functional groups attached to an aromatic ring is 1. The molecule has 0 saturated carbocycles. The van der Waals surface area contributed by atoms with Crippen LogP contribution in [0.25, 0.3) is 11.3 Å². The SMILES string of the molecule is NC(=S)n1nc(-c2ccc(Br)cc2)cc1N. The second-order valence-electron chi connectivity index (χ2n) is 3.21. The molecule has 0 saturated heterocycles. The number of nitrogens with two attached hydrogens (primary N) is 2. The van der Waals surface area contributed by atoms with Crippen LogP contribution in [-0.2, 0) is 0 Å². The van der Waals surface area contributed by atoms with Gasteiger partial charge in [0.05, 0.1) is 5.69 Å². The molecule has 4 N–H and O–H groups in total. The van der Waals surface area contributed by atoms with Crippen molar-refractivity contribution in [3.05, 3.63) is 34.8 Å². The Morgan fingerprint density at radius 1 is 1.31 bits per heavy atom. The van der Waals surface area contributed by atoms with Crippen LogP contribution in [-0.4, -0.2) is 14.9 Å². The summed E-state index contributed by atoms with van der Waals surface area (Å²) in [5.41, 5.74) is 12.9. The molecule has 2 rings (SSSR count). The van der Waals surface area contributed by atoms with E-state index in [1.807, 2.05) is 24.3 Å². The first-order valence-corrected chi connectivity index (χ1v) is 5.69. The number of thiocarbonyl (C=S) groups is 1. The lowest BCUT2D eigenvalue weighted by molar-refractivity contribution is 0.954. The molecule has 1 aromatic carbocycles. The smallest absolute Gasteiger partial charge is 0.193 e. The standard InChI is InChI=1S/C10H9BrN4S/c11-7-3-1-6(2-4-7)8-5-9(12)15(14-8)10(13)16/h1-5H,12H2,(H2,13,16). The summed E-state index contributed by atoms with van der Waals surface area (Å²) in [4.78, 5) is 0. The lowest BCUT2D eigenvalue weighted by Crippen LogP contribution is -2.21. The van der Waals surface area contributed by atoms with Crippen molar-refractivity contribution in [1.82, 2.24) is 9.78 Å². The summed E-state index contributed by atoms with van der Waals surface area (Å²) in [6.07, 6.45) is 0. The number of rotatable bonds is 1. The quantitative estimate of drug-likeness (QED) is 0.790. The maximum Gasteiger partial charge on any atom is 0.193 e. The maximum absolute atomic E-state index is 5.73. The predicted octanol–water partition coefficient (Wildman–Crippen LogP) is 1.99. The van der Waals surface area contributed by atoms with Crippen LogP contribution in [0.2, 0.25) is 0 Å². The fourth-order valence-electron chi connectivity index (χ4n) is 1.33. The Balaban J connectivity index is 2.45. The first kappa shape index (κ1) is 11.1. The van der Waals surface area contributed by atoms with Gasteiger partial charge in [-0.2, -0.15) is 9.78 Å². The molecule has 6 heteroatoms. The van der Waals surface area contributed by atoms with Gasteiger partial charge in [-0.05, 0) is 24.4 Å². The zero-order chi connectivity index (χ0) is 11.7. The molecule has 0 aliphatic heterocycles. The molecular weight excluding hydrogens is 288 g/mol. The molecule has 1 aromatic heterocycles. The molecule has 0 aliphatic carbocycles. The fraction of sp³-hybridized carbons (Fsp3) is 0. The summed E-state index contributed by atoms with van der Waals surface area (Å²) >= 11 is 8.19. The van der Waals surface area contributed by atoms with Gasteiger partial charge in [-0.25, -0.2) is 0 Å². The van der Waals surface area contributed by atoms with Gasteiger partial charge < -0.3 is 11.5 Å². The van der Waals surface area contributed by atoms with Crippen LogP contribution in [0.1, 0.15) is 0 Å². The van der Waals surface area contributed by atoms with Gasteiger partial charge in [-0.15, -0.1) is 0 Å². The summed E-state index contributed by atoms with van der Waals surface area (Å²) in [5.74, 6) is 0.436. The van der Waals surface area contributed by atoms with Crippen molar-refractivity contribution >= 4 is 39.1 Å². The van der Waals surface area contributed by atoms with Crippen molar-refractivity contribution in [2.45, 2.75) is 0 Å². The average molecular weight is 297 g/mol. The third-order valence-electron chi connectivity index (χ3n) is 2.09. The number of nitrogens with zero attached hydrogens (tertiary/aromatic N) is 2. The predicted molar refractivity (Wildman–Crippen MR) is 72.0 cm³/mol. The Hall–Kier alpha value is -1.40. The third-order valence-corrected chi connectivity index (χ3v) is 2.79. The molecule has 1 heterocycles. The van der Waals surface area contributed by atoms with Gasteiger partial charge in [0.1, 0.15) is 5.82 Å². The number of hydrogen-bond acceptors (Lipinski definition) is 3. The van der Waals surface area contributed by atoms with E-state index in [1.54, 1.807) is 6.07 Å². The van der Waals surface area contributed by atoms with Gasteiger partial charge in [0.15, 0.2) is 5.11 Å². The second-order valence-corrected chi connectivity index (χ2v) is 4.55. The summed E-state index contributed by atoms with van der Waals surface area (Å²) < 4.78 is 2.35. The van der Waals surface area contributed by atoms with Crippen molar-refractivity contribution < 1.29 is 0 Å². The number of anilines is 1. The van der Waals surface area contributed by atoms with E-state index in [1.165, 1.54) is 4.68 Å². The average Bonchev–Trinajstić information content (AvgIpc) is 2.61. The summed E-state index contributed by atoms with van der Waals surface area (Å²) in [5, 5.41) is 4.36. The highest BCUT2D eigenvalue weighted by Gasteiger charge is 2.08. The third kappa shape index (κ3) is 2.07. The normalized spacial score (nSPS) is 10.3. The zero-order valence-electron chi connectivity index (χ0n) is 8.22. The summed E-state index contributed by atoms with van der Waals surface area (Å²) in [6.45, 7) is 0.